The number of ketones is 1. The molecule has 0 spiro atoms. The van der Waals surface area contributed by atoms with Crippen LogP contribution in [0.15, 0.2) is 58.5 Å². The fourth-order valence-corrected chi connectivity index (χ4v) is 5.54. The lowest BCUT2D eigenvalue weighted by Crippen LogP contribution is -2.20. The number of carbonyl (C=O) groups is 1. The highest BCUT2D eigenvalue weighted by Gasteiger charge is 2.34. The second-order valence-corrected chi connectivity index (χ2v) is 8.68. The van der Waals surface area contributed by atoms with Crippen molar-refractivity contribution >= 4 is 29.3 Å². The van der Waals surface area contributed by atoms with Gasteiger partial charge in [-0.15, -0.1) is 23.5 Å². The molecule has 0 bridgehead atoms. The second kappa shape index (κ2) is 8.21. The maximum absolute atomic E-state index is 12.9. The van der Waals surface area contributed by atoms with Crippen molar-refractivity contribution in [1.82, 2.24) is 4.98 Å². The van der Waals surface area contributed by atoms with Crippen LogP contribution < -0.4 is 0 Å². The number of aryl methyl sites for hydroxylation is 1. The number of rotatable bonds is 5. The van der Waals surface area contributed by atoms with Gasteiger partial charge in [0, 0.05) is 23.4 Å². The Morgan fingerprint density at radius 1 is 1.28 bits per heavy atom. The summed E-state index contributed by atoms with van der Waals surface area (Å²) in [7, 11) is 0. The van der Waals surface area contributed by atoms with Gasteiger partial charge in [-0.2, -0.15) is 0 Å². The molecule has 2 unspecified atom stereocenters. The highest BCUT2D eigenvalue weighted by atomic mass is 32.2. The van der Waals surface area contributed by atoms with E-state index in [1.54, 1.807) is 41.9 Å². The van der Waals surface area contributed by atoms with Crippen molar-refractivity contribution < 1.29 is 9.90 Å². The van der Waals surface area contributed by atoms with E-state index in [2.05, 4.69) is 43.1 Å². The molecular weight excluding hydrogens is 350 g/mol. The third-order valence-electron chi connectivity index (χ3n) is 4.11. The summed E-state index contributed by atoms with van der Waals surface area (Å²) in [5, 5.41) is 10.8. The molecule has 0 saturated carbocycles. The molecule has 1 aromatic carbocycles. The van der Waals surface area contributed by atoms with Crippen molar-refractivity contribution in [3.63, 3.8) is 0 Å². The number of thioether (sulfide) groups is 2. The molecule has 130 valence electrons. The number of Topliss-reactive ketones (excluding diaryl/α,β-unsaturated/α-hetero) is 1. The van der Waals surface area contributed by atoms with Crippen LogP contribution >= 0.6 is 23.5 Å². The number of carbonyl (C=O) groups excluding carboxylic acids is 1. The van der Waals surface area contributed by atoms with Crippen molar-refractivity contribution in [2.75, 3.05) is 5.75 Å². The molecule has 0 amide bonds. The number of pyridine rings is 1. The number of aromatic nitrogens is 1. The Labute approximate surface area is 156 Å². The summed E-state index contributed by atoms with van der Waals surface area (Å²) < 4.78 is 0.919. The van der Waals surface area contributed by atoms with E-state index in [0.29, 0.717) is 17.7 Å². The minimum atomic E-state index is -0.964. The third-order valence-corrected chi connectivity index (χ3v) is 6.68. The first-order valence-electron chi connectivity index (χ1n) is 8.32. The molecule has 2 aromatic rings. The molecule has 0 fully saturated rings. The van der Waals surface area contributed by atoms with Gasteiger partial charge in [0.25, 0.3) is 0 Å². The van der Waals surface area contributed by atoms with E-state index in [1.807, 2.05) is 6.07 Å². The lowest BCUT2D eigenvalue weighted by Gasteiger charge is -2.28. The SMILES string of the molecule is CCSC1=C(C(O)c2ccccn2)C(=O)CC(c2ccc(C)cc2)S1. The first-order chi connectivity index (χ1) is 12.1. The predicted molar refractivity (Wildman–Crippen MR) is 105 cm³/mol. The van der Waals surface area contributed by atoms with Crippen LogP contribution in [0.3, 0.4) is 0 Å². The molecule has 5 heteroatoms. The Morgan fingerprint density at radius 2 is 2.04 bits per heavy atom. The summed E-state index contributed by atoms with van der Waals surface area (Å²) in [6, 6.07) is 13.7. The van der Waals surface area contributed by atoms with E-state index in [0.717, 1.165) is 15.6 Å². The Bertz CT molecular complexity index is 772. The van der Waals surface area contributed by atoms with Gasteiger partial charge in [-0.05, 0) is 30.4 Å². The van der Waals surface area contributed by atoms with Crippen LogP contribution in [-0.4, -0.2) is 21.6 Å². The Morgan fingerprint density at radius 3 is 2.68 bits per heavy atom. The number of aliphatic hydroxyl groups excluding tert-OH is 1. The maximum Gasteiger partial charge on any atom is 0.164 e. The van der Waals surface area contributed by atoms with Crippen LogP contribution in [0.25, 0.3) is 0 Å². The number of hydrogen-bond donors (Lipinski definition) is 1. The van der Waals surface area contributed by atoms with Crippen molar-refractivity contribution in [3.05, 3.63) is 75.3 Å². The minimum Gasteiger partial charge on any atom is -0.382 e. The number of nitrogens with zero attached hydrogens (tertiary/aromatic N) is 1. The van der Waals surface area contributed by atoms with Gasteiger partial charge in [0.1, 0.15) is 6.10 Å². The average molecular weight is 372 g/mol. The lowest BCUT2D eigenvalue weighted by molar-refractivity contribution is -0.116. The normalized spacial score (nSPS) is 19.2. The topological polar surface area (TPSA) is 50.2 Å². The fourth-order valence-electron chi connectivity index (χ4n) is 2.79. The first kappa shape index (κ1) is 18.2. The molecule has 2 atom stereocenters. The summed E-state index contributed by atoms with van der Waals surface area (Å²) in [5.74, 6) is 0.868. The van der Waals surface area contributed by atoms with E-state index in [4.69, 9.17) is 0 Å². The van der Waals surface area contributed by atoms with Gasteiger partial charge in [0.05, 0.1) is 9.93 Å². The van der Waals surface area contributed by atoms with Gasteiger partial charge >= 0.3 is 0 Å². The Balaban J connectivity index is 1.93. The van der Waals surface area contributed by atoms with Crippen molar-refractivity contribution in [2.45, 2.75) is 31.6 Å². The molecule has 1 N–H and O–H groups in total. The van der Waals surface area contributed by atoms with Gasteiger partial charge in [-0.3, -0.25) is 9.78 Å². The highest BCUT2D eigenvalue weighted by molar-refractivity contribution is 8.22. The smallest absolute Gasteiger partial charge is 0.164 e. The average Bonchev–Trinajstić information content (AvgIpc) is 2.62. The summed E-state index contributed by atoms with van der Waals surface area (Å²) >= 11 is 3.31. The van der Waals surface area contributed by atoms with Crippen LogP contribution in [0, 0.1) is 6.92 Å². The van der Waals surface area contributed by atoms with Crippen LogP contribution in [-0.2, 0) is 4.79 Å². The molecular formula is C20H21NO2S2. The second-order valence-electron chi connectivity index (χ2n) is 5.94. The molecule has 2 heterocycles. The molecule has 1 aliphatic rings. The molecule has 1 aromatic heterocycles. The van der Waals surface area contributed by atoms with Crippen molar-refractivity contribution in [2.24, 2.45) is 0 Å². The van der Waals surface area contributed by atoms with Gasteiger partial charge in [0.15, 0.2) is 5.78 Å². The van der Waals surface area contributed by atoms with E-state index >= 15 is 0 Å². The molecule has 25 heavy (non-hydrogen) atoms. The molecule has 3 nitrogen and oxygen atoms in total. The van der Waals surface area contributed by atoms with Crippen LogP contribution in [0.1, 0.15) is 41.5 Å². The summed E-state index contributed by atoms with van der Waals surface area (Å²) in [6.45, 7) is 4.12. The number of hydrogen-bond acceptors (Lipinski definition) is 5. The van der Waals surface area contributed by atoms with E-state index in [-0.39, 0.29) is 11.0 Å². The number of aliphatic hydroxyl groups is 1. The largest absolute Gasteiger partial charge is 0.382 e. The minimum absolute atomic E-state index is 0.0124. The van der Waals surface area contributed by atoms with Crippen molar-refractivity contribution in [3.8, 4) is 0 Å². The van der Waals surface area contributed by atoms with E-state index in [9.17, 15) is 9.90 Å². The molecule has 0 aliphatic carbocycles. The first-order valence-corrected chi connectivity index (χ1v) is 10.2. The van der Waals surface area contributed by atoms with Crippen LogP contribution in [0.2, 0.25) is 0 Å². The third kappa shape index (κ3) is 4.17. The van der Waals surface area contributed by atoms with Crippen LogP contribution in [0.4, 0.5) is 0 Å². The monoisotopic (exact) mass is 371 g/mol. The Hall–Kier alpha value is -1.56. The quantitative estimate of drug-likeness (QED) is 0.815. The van der Waals surface area contributed by atoms with Crippen molar-refractivity contribution in [1.29, 1.82) is 0 Å². The molecule has 1 aliphatic heterocycles. The molecule has 3 rings (SSSR count). The number of benzene rings is 1. The van der Waals surface area contributed by atoms with Gasteiger partial charge in [0.2, 0.25) is 0 Å². The standard InChI is InChI=1S/C20H21NO2S2/c1-3-24-20-18(19(23)15-6-4-5-11-21-15)16(22)12-17(25-20)14-9-7-13(2)8-10-14/h4-11,17,19,23H,3,12H2,1-2H3. The molecule has 0 saturated heterocycles. The predicted octanol–water partition coefficient (Wildman–Crippen LogP) is 4.84. The Kier molecular flexibility index (Phi) is 5.99. The van der Waals surface area contributed by atoms with Gasteiger partial charge < -0.3 is 5.11 Å². The van der Waals surface area contributed by atoms with Crippen LogP contribution in [0.5, 0.6) is 0 Å². The molecule has 0 radical (unpaired) electrons. The fraction of sp³-hybridized carbons (Fsp3) is 0.300. The van der Waals surface area contributed by atoms with E-state index < -0.39 is 6.10 Å². The zero-order valence-corrected chi connectivity index (χ0v) is 15.9. The maximum atomic E-state index is 12.9. The van der Waals surface area contributed by atoms with Gasteiger partial charge in [-0.25, -0.2) is 0 Å². The zero-order chi connectivity index (χ0) is 17.8. The zero-order valence-electron chi connectivity index (χ0n) is 14.3. The summed E-state index contributed by atoms with van der Waals surface area (Å²) in [6.07, 6.45) is 1.08. The summed E-state index contributed by atoms with van der Waals surface area (Å²) in [5.41, 5.74) is 3.39. The van der Waals surface area contributed by atoms with E-state index in [1.165, 1.54) is 5.56 Å². The lowest BCUT2D eigenvalue weighted by atomic mass is 9.97. The van der Waals surface area contributed by atoms with Gasteiger partial charge in [-0.1, -0.05) is 42.8 Å². The highest BCUT2D eigenvalue weighted by Crippen LogP contribution is 2.50. The summed E-state index contributed by atoms with van der Waals surface area (Å²) in [4.78, 5) is 17.1.